The SMILES string of the molecule is CCN1CCC[C@@H]1CNc1c(N2CCN(C(C)=O)CC2)c(=O)c1=O. The number of hydrogen-bond donors (Lipinski definition) is 1. The number of likely N-dealkylation sites (N-methyl/N-ethyl adjacent to an activating group) is 1. The summed E-state index contributed by atoms with van der Waals surface area (Å²) < 4.78 is 0. The average molecular weight is 334 g/mol. The molecule has 1 aromatic rings. The van der Waals surface area contributed by atoms with Gasteiger partial charge in [-0.05, 0) is 25.9 Å². The highest BCUT2D eigenvalue weighted by Gasteiger charge is 2.30. The van der Waals surface area contributed by atoms with Gasteiger partial charge in [0, 0.05) is 45.7 Å². The summed E-state index contributed by atoms with van der Waals surface area (Å²) in [6, 6.07) is 0.432. The first-order chi connectivity index (χ1) is 11.5. The normalized spacial score (nSPS) is 22.3. The molecule has 7 heteroatoms. The van der Waals surface area contributed by atoms with Gasteiger partial charge in [0.25, 0.3) is 10.9 Å². The van der Waals surface area contributed by atoms with Crippen molar-refractivity contribution >= 4 is 17.3 Å². The molecule has 0 radical (unpaired) electrons. The fraction of sp³-hybridized carbons (Fsp3) is 0.706. The minimum Gasteiger partial charge on any atom is -0.378 e. The Balaban J connectivity index is 1.64. The molecule has 0 saturated carbocycles. The van der Waals surface area contributed by atoms with Crippen LogP contribution >= 0.6 is 0 Å². The van der Waals surface area contributed by atoms with Gasteiger partial charge in [-0.1, -0.05) is 6.92 Å². The van der Waals surface area contributed by atoms with E-state index in [1.807, 2.05) is 4.90 Å². The molecule has 2 fully saturated rings. The van der Waals surface area contributed by atoms with Crippen molar-refractivity contribution in [2.24, 2.45) is 0 Å². The molecule has 1 atom stereocenters. The van der Waals surface area contributed by atoms with Gasteiger partial charge >= 0.3 is 0 Å². The maximum Gasteiger partial charge on any atom is 0.253 e. The van der Waals surface area contributed by atoms with Gasteiger partial charge < -0.3 is 15.1 Å². The van der Waals surface area contributed by atoms with Crippen molar-refractivity contribution in [1.82, 2.24) is 9.80 Å². The molecule has 1 aromatic carbocycles. The molecule has 132 valence electrons. The smallest absolute Gasteiger partial charge is 0.253 e. The lowest BCUT2D eigenvalue weighted by Gasteiger charge is -2.36. The minimum absolute atomic E-state index is 0.0545. The molecule has 7 nitrogen and oxygen atoms in total. The summed E-state index contributed by atoms with van der Waals surface area (Å²) in [5, 5.41) is 3.23. The van der Waals surface area contributed by atoms with Gasteiger partial charge in [-0.3, -0.25) is 19.3 Å². The lowest BCUT2D eigenvalue weighted by molar-refractivity contribution is -0.129. The Bertz CT molecular complexity index is 672. The summed E-state index contributed by atoms with van der Waals surface area (Å²) in [5.41, 5.74) is 0.191. The Morgan fingerprint density at radius 2 is 1.83 bits per heavy atom. The molecule has 0 bridgehead atoms. The second kappa shape index (κ2) is 6.93. The van der Waals surface area contributed by atoms with Gasteiger partial charge in [0.2, 0.25) is 5.91 Å². The molecule has 0 aromatic heterocycles. The number of nitrogens with one attached hydrogen (secondary N) is 1. The van der Waals surface area contributed by atoms with Gasteiger partial charge in [0.15, 0.2) is 0 Å². The zero-order valence-electron chi connectivity index (χ0n) is 14.5. The molecular weight excluding hydrogens is 308 g/mol. The Hall–Kier alpha value is -1.89. The molecule has 24 heavy (non-hydrogen) atoms. The average Bonchev–Trinajstić information content (AvgIpc) is 3.05. The summed E-state index contributed by atoms with van der Waals surface area (Å²) >= 11 is 0. The predicted molar refractivity (Wildman–Crippen MR) is 94.6 cm³/mol. The number of anilines is 2. The van der Waals surface area contributed by atoms with Gasteiger partial charge in [0.1, 0.15) is 11.4 Å². The zero-order chi connectivity index (χ0) is 17.3. The largest absolute Gasteiger partial charge is 0.378 e. The van der Waals surface area contributed by atoms with Crippen LogP contribution in [0.2, 0.25) is 0 Å². The molecule has 2 aliphatic heterocycles. The summed E-state index contributed by atoms with van der Waals surface area (Å²) in [7, 11) is 0. The van der Waals surface area contributed by atoms with Gasteiger partial charge in [-0.2, -0.15) is 0 Å². The summed E-state index contributed by atoms with van der Waals surface area (Å²) in [6.07, 6.45) is 2.31. The minimum atomic E-state index is -0.403. The second-order valence-corrected chi connectivity index (χ2v) is 6.68. The molecule has 1 N–H and O–H groups in total. The quantitative estimate of drug-likeness (QED) is 0.755. The lowest BCUT2D eigenvalue weighted by atomic mass is 10.1. The maximum absolute atomic E-state index is 12.0. The van der Waals surface area contributed by atoms with Crippen molar-refractivity contribution in [2.45, 2.75) is 32.7 Å². The van der Waals surface area contributed by atoms with Crippen LogP contribution in [0.25, 0.3) is 0 Å². The molecule has 1 amide bonds. The van der Waals surface area contributed by atoms with E-state index in [4.69, 9.17) is 0 Å². The lowest BCUT2D eigenvalue weighted by Crippen LogP contribution is -2.52. The van der Waals surface area contributed by atoms with E-state index in [9.17, 15) is 14.4 Å². The fourth-order valence-corrected chi connectivity index (χ4v) is 3.85. The predicted octanol–water partition coefficient (Wildman–Crippen LogP) is -0.153. The third-order valence-electron chi connectivity index (χ3n) is 5.35. The summed E-state index contributed by atoms with van der Waals surface area (Å²) in [4.78, 5) is 41.5. The number of hydrogen-bond acceptors (Lipinski definition) is 6. The van der Waals surface area contributed by atoms with E-state index >= 15 is 0 Å². The highest BCUT2D eigenvalue weighted by Crippen LogP contribution is 2.23. The number of piperazine rings is 1. The van der Waals surface area contributed by atoms with Crippen LogP contribution in [0.15, 0.2) is 9.59 Å². The van der Waals surface area contributed by atoms with E-state index in [2.05, 4.69) is 17.1 Å². The standard InChI is InChI=1S/C17H26N4O3/c1-3-19-6-4-5-13(19)11-18-14-15(17(24)16(14)23)21-9-7-20(8-10-21)12(2)22/h13,18H,3-11H2,1-2H3/t13-/m1/s1. The monoisotopic (exact) mass is 334 g/mol. The van der Waals surface area contributed by atoms with Crippen molar-refractivity contribution in [2.75, 3.05) is 56.0 Å². The summed E-state index contributed by atoms with van der Waals surface area (Å²) in [6.45, 7) is 8.93. The number of rotatable bonds is 5. The Morgan fingerprint density at radius 3 is 2.46 bits per heavy atom. The highest BCUT2D eigenvalue weighted by atomic mass is 16.2. The highest BCUT2D eigenvalue weighted by molar-refractivity contribution is 5.77. The van der Waals surface area contributed by atoms with Crippen LogP contribution in [0.5, 0.6) is 0 Å². The van der Waals surface area contributed by atoms with Crippen LogP contribution in [-0.2, 0) is 4.79 Å². The van der Waals surface area contributed by atoms with Crippen molar-refractivity contribution in [3.05, 3.63) is 20.4 Å². The second-order valence-electron chi connectivity index (χ2n) is 6.68. The number of nitrogens with zero attached hydrogens (tertiary/aromatic N) is 3. The first kappa shape index (κ1) is 17.0. The Morgan fingerprint density at radius 1 is 1.12 bits per heavy atom. The van der Waals surface area contributed by atoms with Crippen molar-refractivity contribution in [3.8, 4) is 0 Å². The third-order valence-corrected chi connectivity index (χ3v) is 5.35. The van der Waals surface area contributed by atoms with E-state index in [1.165, 1.54) is 6.42 Å². The van der Waals surface area contributed by atoms with Crippen LogP contribution in [0.1, 0.15) is 26.7 Å². The molecule has 0 spiro atoms. The topological polar surface area (TPSA) is 73.0 Å². The van der Waals surface area contributed by atoms with Crippen LogP contribution in [-0.4, -0.2) is 67.6 Å². The number of amides is 1. The van der Waals surface area contributed by atoms with Crippen LogP contribution in [0.3, 0.4) is 0 Å². The number of carbonyl (C=O) groups is 1. The van der Waals surface area contributed by atoms with Crippen molar-refractivity contribution in [3.63, 3.8) is 0 Å². The van der Waals surface area contributed by atoms with Gasteiger partial charge in [-0.25, -0.2) is 0 Å². The van der Waals surface area contributed by atoms with Crippen molar-refractivity contribution < 1.29 is 4.79 Å². The Labute approximate surface area is 141 Å². The molecule has 2 heterocycles. The molecule has 2 aliphatic rings. The fourth-order valence-electron chi connectivity index (χ4n) is 3.85. The third kappa shape index (κ3) is 3.05. The van der Waals surface area contributed by atoms with Gasteiger partial charge in [-0.15, -0.1) is 0 Å². The van der Waals surface area contributed by atoms with E-state index in [-0.39, 0.29) is 5.91 Å². The maximum atomic E-state index is 12.0. The molecule has 0 aliphatic carbocycles. The first-order valence-corrected chi connectivity index (χ1v) is 8.84. The van der Waals surface area contributed by atoms with E-state index in [0.717, 1.165) is 19.5 Å². The van der Waals surface area contributed by atoms with Gasteiger partial charge in [0.05, 0.1) is 0 Å². The molecule has 3 rings (SSSR count). The molecular formula is C17H26N4O3. The first-order valence-electron chi connectivity index (χ1n) is 8.84. The van der Waals surface area contributed by atoms with Crippen molar-refractivity contribution in [1.29, 1.82) is 0 Å². The van der Waals surface area contributed by atoms with E-state index < -0.39 is 10.9 Å². The molecule has 0 unspecified atom stereocenters. The van der Waals surface area contributed by atoms with Crippen LogP contribution < -0.4 is 21.1 Å². The zero-order valence-corrected chi connectivity index (χ0v) is 14.5. The number of carbonyl (C=O) groups excluding carboxylic acids is 1. The summed E-state index contributed by atoms with van der Waals surface area (Å²) in [5.74, 6) is 0.0545. The van der Waals surface area contributed by atoms with Crippen LogP contribution in [0.4, 0.5) is 11.4 Å². The van der Waals surface area contributed by atoms with E-state index in [1.54, 1.807) is 11.8 Å². The molecule has 2 saturated heterocycles. The van der Waals surface area contributed by atoms with Crippen LogP contribution in [0, 0.1) is 0 Å². The number of likely N-dealkylation sites (tertiary alicyclic amines) is 1. The Kier molecular flexibility index (Phi) is 4.89. The van der Waals surface area contributed by atoms with E-state index in [0.29, 0.717) is 50.1 Å².